The van der Waals surface area contributed by atoms with Crippen LogP contribution in [-0.4, -0.2) is 5.11 Å². The fraction of sp³-hybridized carbons (Fsp3) is 0.250. The van der Waals surface area contributed by atoms with Gasteiger partial charge in [-0.15, -0.1) is 0 Å². The fourth-order valence-corrected chi connectivity index (χ4v) is 3.05. The van der Waals surface area contributed by atoms with Crippen LogP contribution in [-0.2, 0) is 0 Å². The Bertz CT molecular complexity index is 547. The first kappa shape index (κ1) is 13.2. The molecular formula is C16H18OS. The molecule has 0 aromatic heterocycles. The molecule has 2 aromatic rings. The van der Waals surface area contributed by atoms with Crippen LogP contribution in [0, 0.1) is 13.8 Å². The topological polar surface area (TPSA) is 20.2 Å². The van der Waals surface area contributed by atoms with Crippen LogP contribution in [0.5, 0.6) is 0 Å². The molecule has 2 heteroatoms. The smallest absolute Gasteiger partial charge is 0.0772 e. The van der Waals surface area contributed by atoms with Crippen molar-refractivity contribution in [1.29, 1.82) is 0 Å². The molecule has 2 rings (SSSR count). The van der Waals surface area contributed by atoms with Gasteiger partial charge in [0, 0.05) is 9.79 Å². The highest BCUT2D eigenvalue weighted by Gasteiger charge is 2.09. The van der Waals surface area contributed by atoms with Gasteiger partial charge in [-0.1, -0.05) is 47.7 Å². The molecule has 1 atom stereocenters. The number of hydrogen-bond acceptors (Lipinski definition) is 2. The first-order chi connectivity index (χ1) is 8.58. The molecule has 0 aliphatic heterocycles. The van der Waals surface area contributed by atoms with Crippen LogP contribution >= 0.6 is 11.8 Å². The summed E-state index contributed by atoms with van der Waals surface area (Å²) in [6.45, 7) is 6.03. The van der Waals surface area contributed by atoms with Crippen molar-refractivity contribution in [3.8, 4) is 0 Å². The van der Waals surface area contributed by atoms with Crippen LogP contribution in [0.4, 0.5) is 0 Å². The number of aliphatic hydroxyl groups excluding tert-OH is 1. The Morgan fingerprint density at radius 3 is 2.39 bits per heavy atom. The van der Waals surface area contributed by atoms with Crippen molar-refractivity contribution in [3.05, 3.63) is 59.2 Å². The molecule has 18 heavy (non-hydrogen) atoms. The van der Waals surface area contributed by atoms with Gasteiger partial charge in [-0.25, -0.2) is 0 Å². The molecule has 0 spiro atoms. The molecule has 0 aliphatic carbocycles. The highest BCUT2D eigenvalue weighted by atomic mass is 32.2. The lowest BCUT2D eigenvalue weighted by Crippen LogP contribution is -1.93. The van der Waals surface area contributed by atoms with Crippen LogP contribution < -0.4 is 0 Å². The highest BCUT2D eigenvalue weighted by molar-refractivity contribution is 7.99. The molecule has 0 unspecified atom stereocenters. The zero-order chi connectivity index (χ0) is 13.1. The molecule has 0 radical (unpaired) electrons. The van der Waals surface area contributed by atoms with E-state index in [1.807, 2.05) is 18.2 Å². The van der Waals surface area contributed by atoms with Crippen molar-refractivity contribution in [2.45, 2.75) is 36.7 Å². The van der Waals surface area contributed by atoms with Gasteiger partial charge in [-0.3, -0.25) is 0 Å². The number of benzene rings is 2. The lowest BCUT2D eigenvalue weighted by molar-refractivity contribution is 0.196. The summed E-state index contributed by atoms with van der Waals surface area (Å²) in [6.07, 6.45) is -0.431. The zero-order valence-corrected chi connectivity index (χ0v) is 11.8. The molecule has 1 nitrogen and oxygen atoms in total. The molecule has 2 aromatic carbocycles. The molecule has 0 amide bonds. The average Bonchev–Trinajstić information content (AvgIpc) is 2.33. The van der Waals surface area contributed by atoms with Gasteiger partial charge in [-0.05, 0) is 44.0 Å². The summed E-state index contributed by atoms with van der Waals surface area (Å²) in [5.74, 6) is 0. The number of hydrogen-bond donors (Lipinski definition) is 1. The summed E-state index contributed by atoms with van der Waals surface area (Å²) in [5, 5.41) is 9.78. The Morgan fingerprint density at radius 2 is 1.72 bits per heavy atom. The van der Waals surface area contributed by atoms with Crippen molar-refractivity contribution in [3.63, 3.8) is 0 Å². The molecule has 0 heterocycles. The van der Waals surface area contributed by atoms with E-state index in [4.69, 9.17) is 0 Å². The van der Waals surface area contributed by atoms with Gasteiger partial charge < -0.3 is 5.11 Å². The zero-order valence-electron chi connectivity index (χ0n) is 11.0. The monoisotopic (exact) mass is 258 g/mol. The Morgan fingerprint density at radius 1 is 1.00 bits per heavy atom. The minimum atomic E-state index is -0.431. The van der Waals surface area contributed by atoms with Gasteiger partial charge in [0.25, 0.3) is 0 Å². The highest BCUT2D eigenvalue weighted by Crippen LogP contribution is 2.35. The van der Waals surface area contributed by atoms with Crippen molar-refractivity contribution in [2.24, 2.45) is 0 Å². The lowest BCUT2D eigenvalue weighted by atomic mass is 10.1. The maximum Gasteiger partial charge on any atom is 0.0772 e. The number of aryl methyl sites for hydroxylation is 2. The predicted octanol–water partition coefficient (Wildman–Crippen LogP) is 4.51. The molecule has 0 saturated heterocycles. The van der Waals surface area contributed by atoms with Gasteiger partial charge >= 0.3 is 0 Å². The first-order valence-corrected chi connectivity index (χ1v) is 6.91. The Hall–Kier alpha value is -1.25. The maximum absolute atomic E-state index is 9.78. The van der Waals surface area contributed by atoms with Crippen LogP contribution in [0.1, 0.15) is 29.7 Å². The second-order valence-corrected chi connectivity index (χ2v) is 5.67. The third-order valence-corrected chi connectivity index (χ3v) is 4.19. The minimum Gasteiger partial charge on any atom is -0.389 e. The van der Waals surface area contributed by atoms with Crippen LogP contribution in [0.3, 0.4) is 0 Å². The van der Waals surface area contributed by atoms with Crippen molar-refractivity contribution in [1.82, 2.24) is 0 Å². The van der Waals surface area contributed by atoms with Crippen LogP contribution in [0.15, 0.2) is 52.3 Å². The Kier molecular flexibility index (Phi) is 4.10. The average molecular weight is 258 g/mol. The summed E-state index contributed by atoms with van der Waals surface area (Å²) < 4.78 is 0. The molecule has 0 bridgehead atoms. The van der Waals surface area contributed by atoms with Crippen molar-refractivity contribution in [2.75, 3.05) is 0 Å². The molecule has 0 saturated carbocycles. The van der Waals surface area contributed by atoms with E-state index < -0.39 is 6.10 Å². The normalized spacial score (nSPS) is 12.4. The summed E-state index contributed by atoms with van der Waals surface area (Å²) in [4.78, 5) is 2.37. The third-order valence-electron chi connectivity index (χ3n) is 2.92. The summed E-state index contributed by atoms with van der Waals surface area (Å²) in [7, 11) is 0. The van der Waals surface area contributed by atoms with Gasteiger partial charge in [0.1, 0.15) is 0 Å². The fourth-order valence-electron chi connectivity index (χ4n) is 1.95. The Labute approximate surface area is 113 Å². The van der Waals surface area contributed by atoms with E-state index in [2.05, 4.69) is 38.1 Å². The molecule has 0 aliphatic rings. The summed E-state index contributed by atoms with van der Waals surface area (Å²) >= 11 is 1.72. The second kappa shape index (κ2) is 5.59. The maximum atomic E-state index is 9.78. The second-order valence-electron chi connectivity index (χ2n) is 4.58. The lowest BCUT2D eigenvalue weighted by Gasteiger charge is -2.12. The standard InChI is InChI=1S/C16H18OS/c1-11-8-9-15(12(2)10-11)18-16-7-5-4-6-14(16)13(3)17/h4-10,13,17H,1-3H3/t13-/m0/s1. The van der Waals surface area contributed by atoms with E-state index in [0.29, 0.717) is 0 Å². The van der Waals surface area contributed by atoms with Gasteiger partial charge in [-0.2, -0.15) is 0 Å². The van der Waals surface area contributed by atoms with E-state index >= 15 is 0 Å². The third kappa shape index (κ3) is 2.95. The van der Waals surface area contributed by atoms with Gasteiger partial charge in [0.15, 0.2) is 0 Å². The van der Waals surface area contributed by atoms with E-state index in [1.165, 1.54) is 16.0 Å². The summed E-state index contributed by atoms with van der Waals surface area (Å²) in [6, 6.07) is 14.5. The number of rotatable bonds is 3. The quantitative estimate of drug-likeness (QED) is 0.874. The molecule has 0 fully saturated rings. The predicted molar refractivity (Wildman–Crippen MR) is 77.1 cm³/mol. The SMILES string of the molecule is Cc1ccc(Sc2ccccc2[C@H](C)O)c(C)c1. The Balaban J connectivity index is 2.34. The van der Waals surface area contributed by atoms with Gasteiger partial charge in [0.05, 0.1) is 6.10 Å². The first-order valence-electron chi connectivity index (χ1n) is 6.10. The van der Waals surface area contributed by atoms with Crippen molar-refractivity contribution >= 4 is 11.8 Å². The van der Waals surface area contributed by atoms with Crippen molar-refractivity contribution < 1.29 is 5.11 Å². The van der Waals surface area contributed by atoms with Crippen LogP contribution in [0.2, 0.25) is 0 Å². The van der Waals surface area contributed by atoms with E-state index in [1.54, 1.807) is 18.7 Å². The summed E-state index contributed by atoms with van der Waals surface area (Å²) in [5.41, 5.74) is 3.54. The van der Waals surface area contributed by atoms with E-state index in [-0.39, 0.29) is 0 Å². The van der Waals surface area contributed by atoms with Gasteiger partial charge in [0.2, 0.25) is 0 Å². The number of aliphatic hydroxyl groups is 1. The van der Waals surface area contributed by atoms with E-state index in [0.717, 1.165) is 10.5 Å². The van der Waals surface area contributed by atoms with Crippen LogP contribution in [0.25, 0.3) is 0 Å². The molecule has 94 valence electrons. The largest absolute Gasteiger partial charge is 0.389 e. The molecular weight excluding hydrogens is 240 g/mol. The molecule has 1 N–H and O–H groups in total. The minimum absolute atomic E-state index is 0.431. The van der Waals surface area contributed by atoms with E-state index in [9.17, 15) is 5.11 Å².